The van der Waals surface area contributed by atoms with Crippen LogP contribution in [0.5, 0.6) is 5.75 Å². The van der Waals surface area contributed by atoms with Gasteiger partial charge in [-0.1, -0.05) is 38.0 Å². The molecule has 2 atom stereocenters. The third-order valence-electron chi connectivity index (χ3n) is 12.4. The maximum absolute atomic E-state index is 13.3. The number of amides is 5. The molecule has 4 heterocycles. The Labute approximate surface area is 391 Å². The molecular formula is C47H61ClN8O10. The summed E-state index contributed by atoms with van der Waals surface area (Å²) in [6.45, 7) is 4.98. The minimum atomic E-state index is -0.740. The first-order chi connectivity index (χ1) is 31.6. The van der Waals surface area contributed by atoms with Gasteiger partial charge in [0.1, 0.15) is 36.0 Å². The van der Waals surface area contributed by atoms with Crippen molar-refractivity contribution in [3.63, 3.8) is 0 Å². The highest BCUT2D eigenvalue weighted by atomic mass is 35.5. The molecule has 2 fully saturated rings. The number of fused-ring (bicyclic) bond motifs is 2. The number of carbonyl (C=O) groups excluding carboxylic acids is 6. The molecule has 1 unspecified atom stereocenters. The summed E-state index contributed by atoms with van der Waals surface area (Å²) < 4.78 is 22.4. The number of ketones is 1. The van der Waals surface area contributed by atoms with E-state index in [-0.39, 0.29) is 93.1 Å². The summed E-state index contributed by atoms with van der Waals surface area (Å²) in [5.41, 5.74) is 3.69. The number of likely N-dealkylation sites (N-methyl/N-ethyl adjacent to an activating group) is 1. The quantitative estimate of drug-likeness (QED) is 0.0698. The number of rotatable bonds is 23. The highest BCUT2D eigenvalue weighted by Gasteiger charge is 2.42. The normalized spacial score (nSPS) is 18.3. The number of nitrogens with zero attached hydrogens (tertiary/aromatic N) is 5. The first-order valence-corrected chi connectivity index (χ1v) is 22.7. The van der Waals surface area contributed by atoms with E-state index < -0.39 is 11.9 Å². The van der Waals surface area contributed by atoms with Crippen LogP contribution < -0.4 is 30.5 Å². The molecule has 3 aliphatic heterocycles. The Bertz CT molecular complexity index is 2240. The van der Waals surface area contributed by atoms with Crippen LogP contribution in [-0.2, 0) is 46.4 Å². The first kappa shape index (κ1) is 49.9. The predicted octanol–water partition coefficient (Wildman–Crippen LogP) is 4.00. The zero-order valence-electron chi connectivity index (χ0n) is 37.9. The summed E-state index contributed by atoms with van der Waals surface area (Å²) in [6.07, 6.45) is 8.75. The number of benzene rings is 2. The minimum absolute atomic E-state index is 0. The molecule has 1 aromatic heterocycles. The van der Waals surface area contributed by atoms with Gasteiger partial charge in [0.2, 0.25) is 23.6 Å². The Hall–Kier alpha value is -5.53. The third kappa shape index (κ3) is 11.9. The molecule has 5 amide bonds. The number of nitrogens with one attached hydrogen (secondary N) is 3. The number of piperidine rings is 1. The fraction of sp³-hybridized carbons (Fsp3) is 0.532. The van der Waals surface area contributed by atoms with Gasteiger partial charge in [0.25, 0.3) is 5.91 Å². The smallest absolute Gasteiger partial charge is 0.255 e. The zero-order chi connectivity index (χ0) is 45.9. The van der Waals surface area contributed by atoms with Gasteiger partial charge in [-0.3, -0.25) is 34.1 Å². The molecule has 3 aromatic rings. The number of hydrogen-bond donors (Lipinski definition) is 3. The van der Waals surface area contributed by atoms with Crippen LogP contribution in [0.1, 0.15) is 102 Å². The summed E-state index contributed by atoms with van der Waals surface area (Å²) in [5, 5.41) is 8.38. The second-order valence-electron chi connectivity index (χ2n) is 16.7. The van der Waals surface area contributed by atoms with Crippen LogP contribution in [0.3, 0.4) is 0 Å². The van der Waals surface area contributed by atoms with E-state index in [9.17, 15) is 28.8 Å². The average Bonchev–Trinajstić information content (AvgIpc) is 3.96. The lowest BCUT2D eigenvalue weighted by Crippen LogP contribution is -2.55. The number of ether oxygens (including phenoxy) is 4. The van der Waals surface area contributed by atoms with Gasteiger partial charge in [0.15, 0.2) is 11.6 Å². The Kier molecular flexibility index (Phi) is 18.0. The molecule has 356 valence electrons. The van der Waals surface area contributed by atoms with Crippen molar-refractivity contribution in [1.29, 1.82) is 0 Å². The van der Waals surface area contributed by atoms with Crippen molar-refractivity contribution in [2.24, 2.45) is 0 Å². The highest BCUT2D eigenvalue weighted by Crippen LogP contribution is 2.40. The maximum Gasteiger partial charge on any atom is 0.255 e. The second-order valence-corrected chi connectivity index (χ2v) is 16.7. The SMILES string of the molecule is CC[C@@H]1C(=O)N(C)c2cnc(Cc3ccc(C(=O)CCCNCCOCCOCCOCC(=O)Nc4cccc5c4CN(C4CCC(=O)NC4=O)C5=O)cc3OC)nc2N1C1CCCC1.Cl. The fourth-order valence-corrected chi connectivity index (χ4v) is 9.02. The lowest BCUT2D eigenvalue weighted by atomic mass is 10.0. The van der Waals surface area contributed by atoms with Crippen LogP contribution in [0, 0.1) is 0 Å². The molecule has 1 aliphatic carbocycles. The van der Waals surface area contributed by atoms with Crippen LogP contribution in [0.15, 0.2) is 42.6 Å². The summed E-state index contributed by atoms with van der Waals surface area (Å²) in [6, 6.07) is 9.85. The lowest BCUT2D eigenvalue weighted by molar-refractivity contribution is -0.137. The third-order valence-corrected chi connectivity index (χ3v) is 12.4. The Morgan fingerprint density at radius 3 is 2.44 bits per heavy atom. The van der Waals surface area contributed by atoms with Crippen LogP contribution in [0.2, 0.25) is 0 Å². The van der Waals surface area contributed by atoms with Crippen molar-refractivity contribution in [2.75, 3.05) is 82.0 Å². The van der Waals surface area contributed by atoms with E-state index in [0.717, 1.165) is 42.8 Å². The molecule has 1 saturated carbocycles. The Morgan fingerprint density at radius 2 is 1.70 bits per heavy atom. The molecule has 0 bridgehead atoms. The molecule has 1 saturated heterocycles. The van der Waals surface area contributed by atoms with Crippen LogP contribution in [0.4, 0.5) is 17.2 Å². The Morgan fingerprint density at radius 1 is 0.939 bits per heavy atom. The van der Waals surface area contributed by atoms with Gasteiger partial charge in [0, 0.05) is 73.4 Å². The number of imide groups is 1. The van der Waals surface area contributed by atoms with Crippen LogP contribution >= 0.6 is 12.4 Å². The maximum atomic E-state index is 13.3. The van der Waals surface area contributed by atoms with Crippen LogP contribution in [0.25, 0.3) is 0 Å². The first-order valence-electron chi connectivity index (χ1n) is 22.7. The van der Waals surface area contributed by atoms with Gasteiger partial charge in [-0.2, -0.15) is 0 Å². The van der Waals surface area contributed by atoms with Crippen molar-refractivity contribution in [3.05, 3.63) is 70.7 Å². The van der Waals surface area contributed by atoms with Gasteiger partial charge in [-0.25, -0.2) is 9.97 Å². The van der Waals surface area contributed by atoms with E-state index >= 15 is 0 Å². The summed E-state index contributed by atoms with van der Waals surface area (Å²) >= 11 is 0. The monoisotopic (exact) mass is 932 g/mol. The van der Waals surface area contributed by atoms with Crippen molar-refractivity contribution in [2.45, 2.75) is 95.8 Å². The van der Waals surface area contributed by atoms with E-state index in [1.54, 1.807) is 49.5 Å². The minimum Gasteiger partial charge on any atom is -0.496 e. The van der Waals surface area contributed by atoms with E-state index in [0.29, 0.717) is 92.5 Å². The molecule has 66 heavy (non-hydrogen) atoms. The van der Waals surface area contributed by atoms with Crippen molar-refractivity contribution < 1.29 is 47.7 Å². The van der Waals surface area contributed by atoms with Gasteiger partial charge in [-0.05, 0) is 56.8 Å². The second kappa shape index (κ2) is 23.8. The molecule has 7 rings (SSSR count). The summed E-state index contributed by atoms with van der Waals surface area (Å²) in [4.78, 5) is 91.0. The van der Waals surface area contributed by atoms with E-state index in [1.165, 1.54) is 4.90 Å². The number of Topliss-reactive ketones (excluding diaryl/α,β-unsaturated/α-hetero) is 1. The van der Waals surface area contributed by atoms with E-state index in [1.807, 2.05) is 12.1 Å². The fourth-order valence-electron chi connectivity index (χ4n) is 9.02. The molecule has 3 N–H and O–H groups in total. The zero-order valence-corrected chi connectivity index (χ0v) is 38.8. The summed E-state index contributed by atoms with van der Waals surface area (Å²) in [7, 11) is 3.39. The van der Waals surface area contributed by atoms with Gasteiger partial charge in [-0.15, -0.1) is 12.4 Å². The van der Waals surface area contributed by atoms with Gasteiger partial charge < -0.3 is 44.3 Å². The standard InChI is InChI=1S/C47H60N8O10.ClH/c1-4-36-47(61)53(2)38-27-49-41(51-44(38)55(36)32-9-5-6-10-32)26-31-15-14-30(25-40(31)62-3)39(56)13-8-18-48-19-20-63-21-22-64-23-24-65-29-43(58)50-35-12-7-11-33-34(35)28-54(46(33)60)37-16-17-42(57)52-45(37)59;/h7,11-12,14-15,25,27,32,36-37,48H,4-6,8-10,13,16-24,26,28-29H2,1-3H3,(H,50,58)(H,52,57,59);1H/t36-,37?;/m1./s1. The molecule has 18 nitrogen and oxygen atoms in total. The number of methoxy groups -OCH3 is 1. The summed E-state index contributed by atoms with van der Waals surface area (Å²) in [5.74, 6) is 0.612. The molecule has 0 spiro atoms. The van der Waals surface area contributed by atoms with Crippen molar-refractivity contribution in [1.82, 2.24) is 25.5 Å². The number of halogens is 1. The van der Waals surface area contributed by atoms with Gasteiger partial charge >= 0.3 is 0 Å². The van der Waals surface area contributed by atoms with Crippen LogP contribution in [-0.4, -0.2) is 135 Å². The lowest BCUT2D eigenvalue weighted by Gasteiger charge is -2.43. The van der Waals surface area contributed by atoms with E-state index in [4.69, 9.17) is 23.9 Å². The van der Waals surface area contributed by atoms with Crippen molar-refractivity contribution >= 4 is 64.9 Å². The van der Waals surface area contributed by atoms with E-state index in [2.05, 4.69) is 32.8 Å². The molecule has 4 aliphatic rings. The topological polar surface area (TPSA) is 211 Å². The van der Waals surface area contributed by atoms with Crippen molar-refractivity contribution in [3.8, 4) is 5.75 Å². The number of hydrogen-bond acceptors (Lipinski definition) is 14. The number of aromatic nitrogens is 2. The number of carbonyl (C=O) groups is 6. The Balaban J connectivity index is 0.00000720. The average molecular weight is 934 g/mol. The largest absolute Gasteiger partial charge is 0.496 e. The molecule has 19 heteroatoms. The molecule has 2 aromatic carbocycles. The number of anilines is 3. The molecular weight excluding hydrogens is 872 g/mol. The van der Waals surface area contributed by atoms with Gasteiger partial charge in [0.05, 0.1) is 46.3 Å². The molecule has 0 radical (unpaired) electrons. The highest BCUT2D eigenvalue weighted by molar-refractivity contribution is 6.07. The predicted molar refractivity (Wildman–Crippen MR) is 247 cm³/mol.